The Morgan fingerprint density at radius 2 is 2.00 bits per heavy atom. The first-order valence-corrected chi connectivity index (χ1v) is 4.59. The predicted octanol–water partition coefficient (Wildman–Crippen LogP) is 2.86. The maximum absolute atomic E-state index is 11.2. The van der Waals surface area contributed by atoms with Crippen LogP contribution in [0.25, 0.3) is 0 Å². The Kier molecular flexibility index (Phi) is 3.23. The zero-order valence-electron chi connectivity index (χ0n) is 6.74. The Bertz CT molecular complexity index is 307. The molecule has 1 nitrogen and oxygen atoms in total. The van der Waals surface area contributed by atoms with Gasteiger partial charge in [-0.25, -0.2) is 0 Å². The molecule has 0 aliphatic rings. The molecule has 0 saturated carbocycles. The van der Waals surface area contributed by atoms with Crippen molar-refractivity contribution in [3.05, 3.63) is 23.8 Å². The van der Waals surface area contributed by atoms with E-state index >= 15 is 0 Å². The molecule has 0 radical (unpaired) electrons. The van der Waals surface area contributed by atoms with Crippen molar-refractivity contribution in [3.8, 4) is 0 Å². The van der Waals surface area contributed by atoms with Crippen LogP contribution in [0.5, 0.6) is 0 Å². The SMILES string of the molecule is CCC(=O)c1ccc(S)c(S)c1. The highest BCUT2D eigenvalue weighted by molar-refractivity contribution is 7.83. The molecule has 0 aromatic heterocycles. The van der Waals surface area contributed by atoms with Gasteiger partial charge in [-0.2, -0.15) is 0 Å². The third kappa shape index (κ3) is 2.05. The molecule has 1 aromatic rings. The monoisotopic (exact) mass is 198 g/mol. The molecule has 0 amide bonds. The fraction of sp³-hybridized carbons (Fsp3) is 0.222. The summed E-state index contributed by atoms with van der Waals surface area (Å²) < 4.78 is 0. The summed E-state index contributed by atoms with van der Waals surface area (Å²) >= 11 is 8.33. The molecule has 1 rings (SSSR count). The molecule has 0 aliphatic carbocycles. The van der Waals surface area contributed by atoms with Gasteiger partial charge in [-0.1, -0.05) is 13.0 Å². The summed E-state index contributed by atoms with van der Waals surface area (Å²) in [4.78, 5) is 12.8. The number of hydrogen-bond acceptors (Lipinski definition) is 3. The van der Waals surface area contributed by atoms with Crippen LogP contribution < -0.4 is 0 Å². The number of benzene rings is 1. The molecule has 0 saturated heterocycles. The van der Waals surface area contributed by atoms with Crippen LogP contribution in [-0.2, 0) is 0 Å². The number of carbonyl (C=O) groups is 1. The van der Waals surface area contributed by atoms with Gasteiger partial charge in [0.1, 0.15) is 0 Å². The predicted molar refractivity (Wildman–Crippen MR) is 55.6 cm³/mol. The van der Waals surface area contributed by atoms with Gasteiger partial charge in [0, 0.05) is 21.8 Å². The minimum atomic E-state index is 0.138. The van der Waals surface area contributed by atoms with E-state index < -0.39 is 0 Å². The molecule has 12 heavy (non-hydrogen) atoms. The summed E-state index contributed by atoms with van der Waals surface area (Å²) in [6, 6.07) is 5.31. The first-order valence-electron chi connectivity index (χ1n) is 3.70. The lowest BCUT2D eigenvalue weighted by atomic mass is 10.1. The lowest BCUT2D eigenvalue weighted by Gasteiger charge is -2.00. The minimum Gasteiger partial charge on any atom is -0.294 e. The first-order chi connectivity index (χ1) is 5.65. The van der Waals surface area contributed by atoms with E-state index in [0.29, 0.717) is 12.0 Å². The number of carbonyl (C=O) groups excluding carboxylic acids is 1. The van der Waals surface area contributed by atoms with Crippen LogP contribution in [-0.4, -0.2) is 5.78 Å². The molecule has 0 fully saturated rings. The molecule has 0 N–H and O–H groups in total. The van der Waals surface area contributed by atoms with Crippen molar-refractivity contribution >= 4 is 31.0 Å². The highest BCUT2D eigenvalue weighted by Crippen LogP contribution is 2.19. The Hall–Kier alpha value is -0.410. The van der Waals surface area contributed by atoms with Crippen LogP contribution in [0.15, 0.2) is 28.0 Å². The molecule has 0 heterocycles. The molecular weight excluding hydrogens is 188 g/mol. The number of Topliss-reactive ketones (excluding diaryl/α,β-unsaturated/α-hetero) is 1. The number of rotatable bonds is 2. The van der Waals surface area contributed by atoms with E-state index in [1.807, 2.05) is 6.92 Å². The summed E-state index contributed by atoms with van der Waals surface area (Å²) in [5.41, 5.74) is 0.709. The molecule has 3 heteroatoms. The van der Waals surface area contributed by atoms with Crippen molar-refractivity contribution in [2.45, 2.75) is 23.1 Å². The lowest BCUT2D eigenvalue weighted by molar-refractivity contribution is 0.0988. The summed E-state index contributed by atoms with van der Waals surface area (Å²) in [5, 5.41) is 0. The third-order valence-corrected chi connectivity index (χ3v) is 2.55. The summed E-state index contributed by atoms with van der Waals surface area (Å²) in [5.74, 6) is 0.138. The van der Waals surface area contributed by atoms with E-state index in [4.69, 9.17) is 0 Å². The van der Waals surface area contributed by atoms with Crippen LogP contribution >= 0.6 is 25.3 Å². The molecule has 0 spiro atoms. The molecule has 0 atom stereocenters. The minimum absolute atomic E-state index is 0.138. The normalized spacial score (nSPS) is 9.92. The number of hydrogen-bond donors (Lipinski definition) is 2. The molecule has 0 bridgehead atoms. The van der Waals surface area contributed by atoms with Crippen molar-refractivity contribution in [3.63, 3.8) is 0 Å². The largest absolute Gasteiger partial charge is 0.294 e. The van der Waals surface area contributed by atoms with Crippen molar-refractivity contribution in [1.82, 2.24) is 0 Å². The van der Waals surface area contributed by atoms with Gasteiger partial charge < -0.3 is 0 Å². The Morgan fingerprint density at radius 3 is 2.50 bits per heavy atom. The van der Waals surface area contributed by atoms with Gasteiger partial charge in [-0.15, -0.1) is 25.3 Å². The third-order valence-electron chi connectivity index (χ3n) is 1.62. The second kappa shape index (κ2) is 4.01. The second-order valence-corrected chi connectivity index (χ2v) is 3.44. The van der Waals surface area contributed by atoms with Gasteiger partial charge in [0.25, 0.3) is 0 Å². The lowest BCUT2D eigenvalue weighted by Crippen LogP contribution is -1.95. The number of ketones is 1. The highest BCUT2D eigenvalue weighted by atomic mass is 32.1. The number of thiol groups is 2. The first kappa shape index (κ1) is 9.68. The molecular formula is C9H10OS2. The Labute approximate surface area is 83.0 Å². The van der Waals surface area contributed by atoms with Gasteiger partial charge in [-0.3, -0.25) is 4.79 Å². The zero-order valence-corrected chi connectivity index (χ0v) is 8.53. The topological polar surface area (TPSA) is 17.1 Å². The van der Waals surface area contributed by atoms with Gasteiger partial charge in [0.05, 0.1) is 0 Å². The van der Waals surface area contributed by atoms with Crippen LogP contribution in [0.2, 0.25) is 0 Å². The van der Waals surface area contributed by atoms with E-state index in [1.54, 1.807) is 18.2 Å². The van der Waals surface area contributed by atoms with E-state index in [9.17, 15) is 4.79 Å². The fourth-order valence-corrected chi connectivity index (χ4v) is 1.25. The fourth-order valence-electron chi connectivity index (χ4n) is 0.901. The van der Waals surface area contributed by atoms with E-state index in [0.717, 1.165) is 9.79 Å². The Balaban J connectivity index is 3.05. The molecule has 0 aliphatic heterocycles. The summed E-state index contributed by atoms with van der Waals surface area (Å²) in [6.45, 7) is 1.84. The van der Waals surface area contributed by atoms with Crippen LogP contribution in [0.4, 0.5) is 0 Å². The van der Waals surface area contributed by atoms with E-state index in [1.165, 1.54) is 0 Å². The standard InChI is InChI=1S/C9H10OS2/c1-2-7(10)6-3-4-8(11)9(12)5-6/h3-5,11-12H,2H2,1H3. The Morgan fingerprint density at radius 1 is 1.33 bits per heavy atom. The summed E-state index contributed by atoms with van der Waals surface area (Å²) in [7, 11) is 0. The average Bonchev–Trinajstić information content (AvgIpc) is 2.08. The smallest absolute Gasteiger partial charge is 0.162 e. The van der Waals surface area contributed by atoms with E-state index in [-0.39, 0.29) is 5.78 Å². The van der Waals surface area contributed by atoms with Gasteiger partial charge in [0.15, 0.2) is 5.78 Å². The molecule has 0 unspecified atom stereocenters. The van der Waals surface area contributed by atoms with Crippen molar-refractivity contribution in [2.75, 3.05) is 0 Å². The molecule has 64 valence electrons. The van der Waals surface area contributed by atoms with Crippen LogP contribution in [0, 0.1) is 0 Å². The van der Waals surface area contributed by atoms with Crippen molar-refractivity contribution < 1.29 is 4.79 Å². The maximum atomic E-state index is 11.2. The maximum Gasteiger partial charge on any atom is 0.162 e. The van der Waals surface area contributed by atoms with Crippen molar-refractivity contribution in [1.29, 1.82) is 0 Å². The van der Waals surface area contributed by atoms with Crippen molar-refractivity contribution in [2.24, 2.45) is 0 Å². The second-order valence-electron chi connectivity index (χ2n) is 2.48. The van der Waals surface area contributed by atoms with Crippen LogP contribution in [0.1, 0.15) is 23.7 Å². The van der Waals surface area contributed by atoms with E-state index in [2.05, 4.69) is 25.3 Å². The zero-order chi connectivity index (χ0) is 9.14. The quantitative estimate of drug-likeness (QED) is 0.552. The van der Waals surface area contributed by atoms with Crippen LogP contribution in [0.3, 0.4) is 0 Å². The van der Waals surface area contributed by atoms with Gasteiger partial charge >= 0.3 is 0 Å². The highest BCUT2D eigenvalue weighted by Gasteiger charge is 2.03. The summed E-state index contributed by atoms with van der Waals surface area (Å²) in [6.07, 6.45) is 0.527. The van der Waals surface area contributed by atoms with Gasteiger partial charge in [0.2, 0.25) is 0 Å². The van der Waals surface area contributed by atoms with Gasteiger partial charge in [-0.05, 0) is 12.1 Å². The molecule has 1 aromatic carbocycles. The average molecular weight is 198 g/mol.